The van der Waals surface area contributed by atoms with Crippen molar-refractivity contribution in [3.05, 3.63) is 59.7 Å². The SMILES string of the molecule is Cc1ccc(OCC(=O)NC[C@H](c2ccc(N(C)C)cc2)N2CCOCC2)cc1. The first kappa shape index (κ1) is 21.1. The Balaban J connectivity index is 1.60. The zero-order valence-electron chi connectivity index (χ0n) is 17.6. The van der Waals surface area contributed by atoms with E-state index in [2.05, 4.69) is 39.4 Å². The van der Waals surface area contributed by atoms with Crippen molar-refractivity contribution in [1.82, 2.24) is 10.2 Å². The van der Waals surface area contributed by atoms with Crippen molar-refractivity contribution in [2.75, 3.05) is 58.5 Å². The number of amides is 1. The molecule has 0 spiro atoms. The number of nitrogens with one attached hydrogen (secondary N) is 1. The molecule has 0 unspecified atom stereocenters. The van der Waals surface area contributed by atoms with Crippen LogP contribution in [0.3, 0.4) is 0 Å². The van der Waals surface area contributed by atoms with Gasteiger partial charge in [0.25, 0.3) is 5.91 Å². The molecule has 1 heterocycles. The average molecular weight is 398 g/mol. The van der Waals surface area contributed by atoms with Gasteiger partial charge in [0.05, 0.1) is 19.3 Å². The predicted octanol–water partition coefficient (Wildman–Crippen LogP) is 2.63. The van der Waals surface area contributed by atoms with Crippen molar-refractivity contribution in [1.29, 1.82) is 0 Å². The number of morpholine rings is 1. The lowest BCUT2D eigenvalue weighted by Gasteiger charge is -2.35. The number of rotatable bonds is 8. The second-order valence-electron chi connectivity index (χ2n) is 7.56. The van der Waals surface area contributed by atoms with Gasteiger partial charge >= 0.3 is 0 Å². The number of benzene rings is 2. The molecule has 1 aliphatic rings. The third-order valence-corrected chi connectivity index (χ3v) is 5.16. The van der Waals surface area contributed by atoms with E-state index >= 15 is 0 Å². The van der Waals surface area contributed by atoms with E-state index in [4.69, 9.17) is 9.47 Å². The lowest BCUT2D eigenvalue weighted by molar-refractivity contribution is -0.123. The Morgan fingerprint density at radius 1 is 1.10 bits per heavy atom. The largest absolute Gasteiger partial charge is 0.484 e. The van der Waals surface area contributed by atoms with Gasteiger partial charge < -0.3 is 19.7 Å². The predicted molar refractivity (Wildman–Crippen MR) is 116 cm³/mol. The zero-order valence-corrected chi connectivity index (χ0v) is 17.6. The van der Waals surface area contributed by atoms with Gasteiger partial charge in [-0.25, -0.2) is 0 Å². The van der Waals surface area contributed by atoms with Gasteiger partial charge in [-0.05, 0) is 36.8 Å². The highest BCUT2D eigenvalue weighted by Crippen LogP contribution is 2.23. The second-order valence-corrected chi connectivity index (χ2v) is 7.56. The van der Waals surface area contributed by atoms with Crippen LogP contribution in [0.4, 0.5) is 5.69 Å². The van der Waals surface area contributed by atoms with Crippen LogP contribution in [-0.2, 0) is 9.53 Å². The molecule has 0 bridgehead atoms. The maximum atomic E-state index is 12.4. The summed E-state index contributed by atoms with van der Waals surface area (Å²) >= 11 is 0. The minimum Gasteiger partial charge on any atom is -0.484 e. The van der Waals surface area contributed by atoms with Gasteiger partial charge in [0.15, 0.2) is 6.61 Å². The van der Waals surface area contributed by atoms with Crippen LogP contribution >= 0.6 is 0 Å². The molecule has 1 aliphatic heterocycles. The summed E-state index contributed by atoms with van der Waals surface area (Å²) in [6, 6.07) is 16.3. The van der Waals surface area contributed by atoms with Crippen molar-refractivity contribution in [2.24, 2.45) is 0 Å². The number of carbonyl (C=O) groups is 1. The summed E-state index contributed by atoms with van der Waals surface area (Å²) in [5, 5.41) is 3.04. The van der Waals surface area contributed by atoms with Gasteiger partial charge in [-0.3, -0.25) is 9.69 Å². The van der Waals surface area contributed by atoms with E-state index in [-0.39, 0.29) is 18.6 Å². The fourth-order valence-corrected chi connectivity index (χ4v) is 3.39. The summed E-state index contributed by atoms with van der Waals surface area (Å²) in [7, 11) is 4.06. The number of carbonyl (C=O) groups excluding carboxylic acids is 1. The van der Waals surface area contributed by atoms with E-state index in [0.717, 1.165) is 37.6 Å². The highest BCUT2D eigenvalue weighted by molar-refractivity contribution is 5.77. The van der Waals surface area contributed by atoms with Crippen molar-refractivity contribution >= 4 is 11.6 Å². The molecule has 0 aliphatic carbocycles. The van der Waals surface area contributed by atoms with E-state index in [1.54, 1.807) is 0 Å². The fraction of sp³-hybridized carbons (Fsp3) is 0.435. The Morgan fingerprint density at radius 2 is 1.76 bits per heavy atom. The highest BCUT2D eigenvalue weighted by Gasteiger charge is 2.23. The summed E-state index contributed by atoms with van der Waals surface area (Å²) < 4.78 is 11.1. The van der Waals surface area contributed by atoms with Crippen molar-refractivity contribution in [2.45, 2.75) is 13.0 Å². The Labute approximate surface area is 173 Å². The normalized spacial score (nSPS) is 15.6. The Bertz CT molecular complexity index is 769. The number of hydrogen-bond donors (Lipinski definition) is 1. The lowest BCUT2D eigenvalue weighted by atomic mass is 10.0. The molecule has 2 aromatic rings. The summed E-state index contributed by atoms with van der Waals surface area (Å²) in [4.78, 5) is 16.8. The van der Waals surface area contributed by atoms with Crippen LogP contribution in [0.1, 0.15) is 17.2 Å². The van der Waals surface area contributed by atoms with Gasteiger partial charge in [-0.2, -0.15) is 0 Å². The Kier molecular flexibility index (Phi) is 7.49. The number of anilines is 1. The van der Waals surface area contributed by atoms with Crippen molar-refractivity contribution < 1.29 is 14.3 Å². The quantitative estimate of drug-likeness (QED) is 0.742. The second kappa shape index (κ2) is 10.3. The van der Waals surface area contributed by atoms with Crippen molar-refractivity contribution in [3.8, 4) is 5.75 Å². The summed E-state index contributed by atoms with van der Waals surface area (Å²) in [6.45, 7) is 5.72. The fourth-order valence-electron chi connectivity index (χ4n) is 3.39. The molecule has 0 radical (unpaired) electrons. The lowest BCUT2D eigenvalue weighted by Crippen LogP contribution is -2.44. The van der Waals surface area contributed by atoms with E-state index in [0.29, 0.717) is 12.3 Å². The van der Waals surface area contributed by atoms with Crippen molar-refractivity contribution in [3.63, 3.8) is 0 Å². The molecule has 156 valence electrons. The summed E-state index contributed by atoms with van der Waals surface area (Å²) in [5.74, 6) is 0.587. The molecule has 1 amide bonds. The number of nitrogens with zero attached hydrogens (tertiary/aromatic N) is 2. The minimum atomic E-state index is -0.117. The first-order valence-electron chi connectivity index (χ1n) is 10.1. The first-order chi connectivity index (χ1) is 14.0. The first-order valence-corrected chi connectivity index (χ1v) is 10.1. The van der Waals surface area contributed by atoms with Gasteiger partial charge in [0, 0.05) is 39.4 Å². The van der Waals surface area contributed by atoms with Crippen LogP contribution in [0.2, 0.25) is 0 Å². The minimum absolute atomic E-state index is 0.0124. The maximum Gasteiger partial charge on any atom is 0.258 e. The van der Waals surface area contributed by atoms with Crippen LogP contribution in [-0.4, -0.2) is 64.4 Å². The highest BCUT2D eigenvalue weighted by atomic mass is 16.5. The standard InChI is InChI=1S/C23H31N3O3/c1-18-4-10-21(11-5-18)29-17-23(27)24-16-22(26-12-14-28-15-13-26)19-6-8-20(9-7-19)25(2)3/h4-11,22H,12-17H2,1-3H3,(H,24,27)/t22-/m1/s1. The van der Waals surface area contributed by atoms with E-state index in [1.807, 2.05) is 45.3 Å². The van der Waals surface area contributed by atoms with Crippen LogP contribution in [0.25, 0.3) is 0 Å². The third kappa shape index (κ3) is 6.21. The topological polar surface area (TPSA) is 54.0 Å². The Hall–Kier alpha value is -2.57. The van der Waals surface area contributed by atoms with Gasteiger partial charge in [0.2, 0.25) is 0 Å². The van der Waals surface area contributed by atoms with Crippen LogP contribution in [0.5, 0.6) is 5.75 Å². The molecule has 0 aromatic heterocycles. The monoisotopic (exact) mass is 397 g/mol. The van der Waals surface area contributed by atoms with Crippen LogP contribution in [0, 0.1) is 6.92 Å². The Morgan fingerprint density at radius 3 is 2.38 bits per heavy atom. The molecule has 1 atom stereocenters. The van der Waals surface area contributed by atoms with Gasteiger partial charge in [0.1, 0.15) is 5.75 Å². The molecule has 1 N–H and O–H groups in total. The summed E-state index contributed by atoms with van der Waals surface area (Å²) in [6.07, 6.45) is 0. The maximum absolute atomic E-state index is 12.4. The van der Waals surface area contributed by atoms with E-state index < -0.39 is 0 Å². The van der Waals surface area contributed by atoms with Crippen LogP contribution in [0.15, 0.2) is 48.5 Å². The average Bonchev–Trinajstić information content (AvgIpc) is 2.74. The smallest absolute Gasteiger partial charge is 0.258 e. The molecule has 29 heavy (non-hydrogen) atoms. The molecule has 1 saturated heterocycles. The van der Waals surface area contributed by atoms with Gasteiger partial charge in [-0.1, -0.05) is 29.8 Å². The molecule has 6 heteroatoms. The van der Waals surface area contributed by atoms with E-state index in [1.165, 1.54) is 5.56 Å². The molecular weight excluding hydrogens is 366 g/mol. The number of aryl methyl sites for hydroxylation is 1. The van der Waals surface area contributed by atoms with E-state index in [9.17, 15) is 4.79 Å². The molecule has 0 saturated carbocycles. The number of ether oxygens (including phenoxy) is 2. The molecule has 1 fully saturated rings. The summed E-state index contributed by atoms with van der Waals surface area (Å²) in [5.41, 5.74) is 3.51. The molecule has 3 rings (SSSR count). The zero-order chi connectivity index (χ0) is 20.6. The number of hydrogen-bond acceptors (Lipinski definition) is 5. The molecule has 6 nitrogen and oxygen atoms in total. The molecule has 2 aromatic carbocycles. The molecular formula is C23H31N3O3. The van der Waals surface area contributed by atoms with Crippen LogP contribution < -0.4 is 15.0 Å². The third-order valence-electron chi connectivity index (χ3n) is 5.16. The van der Waals surface area contributed by atoms with Gasteiger partial charge in [-0.15, -0.1) is 0 Å².